The predicted octanol–water partition coefficient (Wildman–Crippen LogP) is 3.02. The number of carbonyl (C=O) groups excluding carboxylic acids is 1. The first-order valence-corrected chi connectivity index (χ1v) is 6.40. The third-order valence-electron chi connectivity index (χ3n) is 2.82. The molecule has 0 N–H and O–H groups in total. The van der Waals surface area contributed by atoms with E-state index in [0.29, 0.717) is 36.0 Å². The molecule has 0 unspecified atom stereocenters. The topological polar surface area (TPSA) is 48.7 Å². The Hall–Kier alpha value is -1.94. The van der Waals surface area contributed by atoms with Crippen LogP contribution in [0.4, 0.5) is 0 Å². The summed E-state index contributed by atoms with van der Waals surface area (Å²) in [7, 11) is 0. The molecule has 0 aliphatic carbocycles. The summed E-state index contributed by atoms with van der Waals surface area (Å²) in [6.45, 7) is 1.01. The molecule has 1 aromatic heterocycles. The van der Waals surface area contributed by atoms with Gasteiger partial charge in [0, 0.05) is 5.56 Å². The number of alkyl halides is 1. The average Bonchev–Trinajstić information content (AvgIpc) is 2.95. The number of hydrogen-bond donors (Lipinski definition) is 0. The molecule has 0 bridgehead atoms. The van der Waals surface area contributed by atoms with Gasteiger partial charge in [-0.25, -0.2) is 0 Å². The minimum atomic E-state index is -0.201. The molecule has 4 nitrogen and oxygen atoms in total. The Morgan fingerprint density at radius 1 is 1.11 bits per heavy atom. The average molecular weight is 279 g/mol. The SMILES string of the molecule is O=C(c1ccc2c(c1)OCCO2)c1ccc(CCl)o1. The molecule has 1 aliphatic heterocycles. The second-order valence-electron chi connectivity index (χ2n) is 4.09. The van der Waals surface area contributed by atoms with Crippen LogP contribution in [-0.4, -0.2) is 19.0 Å². The van der Waals surface area contributed by atoms with E-state index in [-0.39, 0.29) is 17.4 Å². The lowest BCUT2D eigenvalue weighted by Gasteiger charge is -2.18. The molecule has 0 saturated carbocycles. The van der Waals surface area contributed by atoms with Crippen LogP contribution in [0.1, 0.15) is 21.9 Å². The van der Waals surface area contributed by atoms with Gasteiger partial charge in [-0.2, -0.15) is 0 Å². The van der Waals surface area contributed by atoms with Gasteiger partial charge in [-0.1, -0.05) is 0 Å². The molecule has 3 rings (SSSR count). The highest BCUT2D eigenvalue weighted by atomic mass is 35.5. The maximum atomic E-state index is 12.2. The molecule has 0 atom stereocenters. The van der Waals surface area contributed by atoms with Crippen LogP contribution in [-0.2, 0) is 5.88 Å². The monoisotopic (exact) mass is 278 g/mol. The Labute approximate surface area is 114 Å². The standard InChI is InChI=1S/C14H11ClO4/c15-8-10-2-4-12(19-10)14(16)9-1-3-11-13(7-9)18-6-5-17-11/h1-4,7H,5-6,8H2. The molecule has 0 saturated heterocycles. The lowest BCUT2D eigenvalue weighted by molar-refractivity contribution is 0.101. The van der Waals surface area contributed by atoms with Crippen molar-refractivity contribution >= 4 is 17.4 Å². The van der Waals surface area contributed by atoms with Crippen molar-refractivity contribution in [2.24, 2.45) is 0 Å². The zero-order valence-electron chi connectivity index (χ0n) is 10.0. The van der Waals surface area contributed by atoms with Gasteiger partial charge < -0.3 is 13.9 Å². The zero-order chi connectivity index (χ0) is 13.2. The molecule has 1 aliphatic rings. The second-order valence-corrected chi connectivity index (χ2v) is 4.35. The number of carbonyl (C=O) groups is 1. The highest BCUT2D eigenvalue weighted by Gasteiger charge is 2.18. The molecule has 98 valence electrons. The number of fused-ring (bicyclic) bond motifs is 1. The Morgan fingerprint density at radius 2 is 1.89 bits per heavy atom. The van der Waals surface area contributed by atoms with Crippen molar-refractivity contribution < 1.29 is 18.7 Å². The third kappa shape index (κ3) is 2.31. The summed E-state index contributed by atoms with van der Waals surface area (Å²) in [5.74, 6) is 2.13. The summed E-state index contributed by atoms with van der Waals surface area (Å²) in [5, 5.41) is 0. The number of benzene rings is 1. The molecule has 0 spiro atoms. The zero-order valence-corrected chi connectivity index (χ0v) is 10.8. The number of halogens is 1. The fourth-order valence-corrected chi connectivity index (χ4v) is 2.04. The van der Waals surface area contributed by atoms with Gasteiger partial charge in [0.15, 0.2) is 17.3 Å². The summed E-state index contributed by atoms with van der Waals surface area (Å²) in [5.41, 5.74) is 0.500. The van der Waals surface area contributed by atoms with Crippen molar-refractivity contribution in [1.82, 2.24) is 0 Å². The summed E-state index contributed by atoms with van der Waals surface area (Å²) in [6.07, 6.45) is 0. The molecule has 2 aromatic rings. The molecule has 2 heterocycles. The number of rotatable bonds is 3. The lowest BCUT2D eigenvalue weighted by Crippen LogP contribution is -2.15. The summed E-state index contributed by atoms with van der Waals surface area (Å²) in [6, 6.07) is 8.40. The van der Waals surface area contributed by atoms with E-state index in [1.54, 1.807) is 30.3 Å². The highest BCUT2D eigenvalue weighted by molar-refractivity contribution is 6.16. The molecular formula is C14H11ClO4. The highest BCUT2D eigenvalue weighted by Crippen LogP contribution is 2.31. The van der Waals surface area contributed by atoms with E-state index in [9.17, 15) is 4.79 Å². The molecule has 1 aromatic carbocycles. The van der Waals surface area contributed by atoms with Crippen LogP contribution < -0.4 is 9.47 Å². The smallest absolute Gasteiger partial charge is 0.228 e. The van der Waals surface area contributed by atoms with E-state index in [1.807, 2.05) is 0 Å². The van der Waals surface area contributed by atoms with Crippen molar-refractivity contribution in [3.63, 3.8) is 0 Å². The van der Waals surface area contributed by atoms with Crippen molar-refractivity contribution in [2.45, 2.75) is 5.88 Å². The van der Waals surface area contributed by atoms with Gasteiger partial charge in [0.25, 0.3) is 0 Å². The first-order chi connectivity index (χ1) is 9.28. The Bertz CT molecular complexity index is 618. The van der Waals surface area contributed by atoms with E-state index < -0.39 is 0 Å². The Balaban J connectivity index is 1.91. The van der Waals surface area contributed by atoms with Gasteiger partial charge in [0.1, 0.15) is 19.0 Å². The molecule has 0 fully saturated rings. The van der Waals surface area contributed by atoms with Crippen LogP contribution in [0.5, 0.6) is 11.5 Å². The molecule has 19 heavy (non-hydrogen) atoms. The number of ketones is 1. The van der Waals surface area contributed by atoms with Crippen LogP contribution in [0.2, 0.25) is 0 Å². The van der Waals surface area contributed by atoms with Gasteiger partial charge >= 0.3 is 0 Å². The van der Waals surface area contributed by atoms with Gasteiger partial charge in [0.2, 0.25) is 5.78 Å². The minimum absolute atomic E-state index is 0.201. The van der Waals surface area contributed by atoms with Crippen LogP contribution in [0.15, 0.2) is 34.7 Å². The van der Waals surface area contributed by atoms with Crippen molar-refractivity contribution in [2.75, 3.05) is 13.2 Å². The summed E-state index contributed by atoms with van der Waals surface area (Å²) < 4.78 is 16.2. The second kappa shape index (κ2) is 4.97. The Morgan fingerprint density at radius 3 is 2.63 bits per heavy atom. The van der Waals surface area contributed by atoms with Gasteiger partial charge in [-0.3, -0.25) is 4.79 Å². The van der Waals surface area contributed by atoms with E-state index in [1.165, 1.54) is 0 Å². The fraction of sp³-hybridized carbons (Fsp3) is 0.214. The van der Waals surface area contributed by atoms with Crippen molar-refractivity contribution in [1.29, 1.82) is 0 Å². The first-order valence-electron chi connectivity index (χ1n) is 5.87. The quantitative estimate of drug-likeness (QED) is 0.640. The minimum Gasteiger partial charge on any atom is -0.486 e. The van der Waals surface area contributed by atoms with Crippen LogP contribution in [0.25, 0.3) is 0 Å². The van der Waals surface area contributed by atoms with E-state index in [4.69, 9.17) is 25.5 Å². The van der Waals surface area contributed by atoms with Crippen molar-refractivity contribution in [3.8, 4) is 11.5 Å². The summed E-state index contributed by atoms with van der Waals surface area (Å²) in [4.78, 5) is 12.2. The number of hydrogen-bond acceptors (Lipinski definition) is 4. The van der Waals surface area contributed by atoms with Crippen molar-refractivity contribution in [3.05, 3.63) is 47.4 Å². The third-order valence-corrected chi connectivity index (χ3v) is 3.08. The molecule has 5 heteroatoms. The van der Waals surface area contributed by atoms with Crippen LogP contribution in [0, 0.1) is 0 Å². The van der Waals surface area contributed by atoms with E-state index >= 15 is 0 Å². The Kier molecular flexibility index (Phi) is 3.17. The summed E-state index contributed by atoms with van der Waals surface area (Å²) >= 11 is 5.64. The first kappa shape index (κ1) is 12.1. The molecular weight excluding hydrogens is 268 g/mol. The van der Waals surface area contributed by atoms with Gasteiger partial charge in [-0.15, -0.1) is 11.6 Å². The largest absolute Gasteiger partial charge is 0.486 e. The predicted molar refractivity (Wildman–Crippen MR) is 69.1 cm³/mol. The van der Waals surface area contributed by atoms with Gasteiger partial charge in [0.05, 0.1) is 5.88 Å². The van der Waals surface area contributed by atoms with Crippen LogP contribution in [0.3, 0.4) is 0 Å². The fourth-order valence-electron chi connectivity index (χ4n) is 1.90. The number of furan rings is 1. The normalized spacial score (nSPS) is 13.3. The van der Waals surface area contributed by atoms with E-state index in [0.717, 1.165) is 0 Å². The van der Waals surface area contributed by atoms with Gasteiger partial charge in [-0.05, 0) is 30.3 Å². The molecule has 0 amide bonds. The molecule has 0 radical (unpaired) electrons. The maximum absolute atomic E-state index is 12.2. The maximum Gasteiger partial charge on any atom is 0.228 e. The lowest BCUT2D eigenvalue weighted by atomic mass is 10.1. The van der Waals surface area contributed by atoms with E-state index in [2.05, 4.69) is 0 Å². The number of ether oxygens (including phenoxy) is 2. The van der Waals surface area contributed by atoms with Crippen LogP contribution >= 0.6 is 11.6 Å².